The third-order valence-electron chi connectivity index (χ3n) is 3.73. The summed E-state index contributed by atoms with van der Waals surface area (Å²) in [6.45, 7) is 7.95. The third-order valence-corrected chi connectivity index (χ3v) is 4.30. The van der Waals surface area contributed by atoms with Gasteiger partial charge >= 0.3 is 0 Å². The summed E-state index contributed by atoms with van der Waals surface area (Å²) < 4.78 is 5.73. The van der Waals surface area contributed by atoms with Crippen LogP contribution < -0.4 is 5.32 Å². The smallest absolute Gasteiger partial charge is 0.117 e. The van der Waals surface area contributed by atoms with E-state index in [4.69, 9.17) is 4.42 Å². The summed E-state index contributed by atoms with van der Waals surface area (Å²) >= 11 is 1.79. The van der Waals surface area contributed by atoms with E-state index in [1.807, 2.05) is 0 Å². The summed E-state index contributed by atoms with van der Waals surface area (Å²) in [5.74, 6) is 3.09. The molecular formula is C15H27N3OS. The second-order valence-corrected chi connectivity index (χ2v) is 6.34. The normalized spacial score (nSPS) is 17.7. The van der Waals surface area contributed by atoms with Crippen LogP contribution in [0.3, 0.4) is 0 Å². The highest BCUT2D eigenvalue weighted by molar-refractivity contribution is 7.97. The van der Waals surface area contributed by atoms with Crippen LogP contribution in [-0.2, 0) is 12.3 Å². The fourth-order valence-corrected chi connectivity index (χ4v) is 2.89. The van der Waals surface area contributed by atoms with E-state index in [2.05, 4.69) is 40.6 Å². The highest BCUT2D eigenvalue weighted by Crippen LogP contribution is 2.13. The lowest BCUT2D eigenvalue weighted by molar-refractivity contribution is 0.152. The first-order valence-corrected chi connectivity index (χ1v) is 8.85. The lowest BCUT2D eigenvalue weighted by Crippen LogP contribution is -2.45. The molecule has 1 aliphatic heterocycles. The predicted molar refractivity (Wildman–Crippen MR) is 86.2 cm³/mol. The highest BCUT2D eigenvalue weighted by Gasteiger charge is 2.12. The molecule has 1 aliphatic rings. The van der Waals surface area contributed by atoms with Gasteiger partial charge in [0.05, 0.1) is 12.3 Å². The first kappa shape index (κ1) is 15.9. The van der Waals surface area contributed by atoms with E-state index >= 15 is 0 Å². The molecule has 114 valence electrons. The van der Waals surface area contributed by atoms with E-state index < -0.39 is 0 Å². The summed E-state index contributed by atoms with van der Waals surface area (Å²) in [5, 5.41) is 3.47. The average Bonchev–Trinajstić information content (AvgIpc) is 2.89. The molecule has 1 fully saturated rings. The van der Waals surface area contributed by atoms with Gasteiger partial charge in [0.1, 0.15) is 11.5 Å². The molecule has 20 heavy (non-hydrogen) atoms. The number of furan rings is 1. The fraction of sp³-hybridized carbons (Fsp3) is 0.733. The van der Waals surface area contributed by atoms with E-state index in [-0.39, 0.29) is 0 Å². The summed E-state index contributed by atoms with van der Waals surface area (Å²) in [4.78, 5) is 4.96. The van der Waals surface area contributed by atoms with Crippen LogP contribution in [-0.4, -0.2) is 62.4 Å². The van der Waals surface area contributed by atoms with E-state index in [1.54, 1.807) is 11.8 Å². The monoisotopic (exact) mass is 297 g/mol. The Hall–Kier alpha value is -0.490. The third kappa shape index (κ3) is 5.48. The molecule has 1 aromatic rings. The number of hydrogen-bond acceptors (Lipinski definition) is 5. The molecule has 2 rings (SSSR count). The zero-order chi connectivity index (χ0) is 14.2. The molecule has 0 amide bonds. The Balaban J connectivity index is 1.52. The van der Waals surface area contributed by atoms with Gasteiger partial charge in [0, 0.05) is 26.2 Å². The molecule has 0 bridgehead atoms. The highest BCUT2D eigenvalue weighted by atomic mass is 32.2. The van der Waals surface area contributed by atoms with Gasteiger partial charge in [-0.25, -0.2) is 0 Å². The topological polar surface area (TPSA) is 31.6 Å². The van der Waals surface area contributed by atoms with Crippen molar-refractivity contribution in [2.45, 2.75) is 18.7 Å². The lowest BCUT2D eigenvalue weighted by Gasteiger charge is -2.32. The van der Waals surface area contributed by atoms with Crippen LogP contribution in [0, 0.1) is 0 Å². The number of thioether (sulfide) groups is 1. The van der Waals surface area contributed by atoms with Gasteiger partial charge in [-0.1, -0.05) is 0 Å². The van der Waals surface area contributed by atoms with Crippen molar-refractivity contribution >= 4 is 11.8 Å². The second kappa shape index (κ2) is 8.72. The molecule has 5 heteroatoms. The number of nitrogens with one attached hydrogen (secondary N) is 1. The minimum absolute atomic E-state index is 0.844. The van der Waals surface area contributed by atoms with Crippen molar-refractivity contribution in [1.29, 1.82) is 0 Å². The largest absolute Gasteiger partial charge is 0.464 e. The average molecular weight is 297 g/mol. The molecule has 0 aromatic carbocycles. The van der Waals surface area contributed by atoms with E-state index in [0.717, 1.165) is 30.4 Å². The van der Waals surface area contributed by atoms with Crippen molar-refractivity contribution in [3.05, 3.63) is 23.7 Å². The number of hydrogen-bond donors (Lipinski definition) is 1. The number of rotatable bonds is 8. The Bertz CT molecular complexity index is 375. The summed E-state index contributed by atoms with van der Waals surface area (Å²) in [6.07, 6.45) is 3.31. The molecule has 1 saturated heterocycles. The van der Waals surface area contributed by atoms with Crippen LogP contribution in [0.5, 0.6) is 0 Å². The van der Waals surface area contributed by atoms with Gasteiger partial charge in [0.25, 0.3) is 0 Å². The molecule has 1 N–H and O–H groups in total. The van der Waals surface area contributed by atoms with Gasteiger partial charge in [-0.05, 0) is 44.9 Å². The Morgan fingerprint density at radius 2 is 1.95 bits per heavy atom. The maximum atomic E-state index is 5.73. The van der Waals surface area contributed by atoms with Gasteiger partial charge in [-0.3, -0.25) is 0 Å². The number of piperazine rings is 1. The number of nitrogens with zero attached hydrogens (tertiary/aromatic N) is 2. The van der Waals surface area contributed by atoms with Gasteiger partial charge in [-0.2, -0.15) is 11.8 Å². The Labute approximate surface area is 126 Å². The van der Waals surface area contributed by atoms with Crippen LogP contribution >= 0.6 is 11.8 Å². The van der Waals surface area contributed by atoms with E-state index in [9.17, 15) is 0 Å². The van der Waals surface area contributed by atoms with Gasteiger partial charge < -0.3 is 19.5 Å². The van der Waals surface area contributed by atoms with Crippen molar-refractivity contribution in [3.8, 4) is 0 Å². The second-order valence-electron chi connectivity index (χ2n) is 5.48. The van der Waals surface area contributed by atoms with Crippen molar-refractivity contribution in [2.24, 2.45) is 0 Å². The van der Waals surface area contributed by atoms with Crippen molar-refractivity contribution in [3.63, 3.8) is 0 Å². The van der Waals surface area contributed by atoms with Crippen LogP contribution in [0.4, 0.5) is 0 Å². The predicted octanol–water partition coefficient (Wildman–Crippen LogP) is 1.87. The molecule has 0 spiro atoms. The SMILES string of the molecule is CSCc1ccc(CNCCCN2CCN(C)CC2)o1. The summed E-state index contributed by atoms with van der Waals surface area (Å²) in [5.41, 5.74) is 0. The van der Waals surface area contributed by atoms with Crippen molar-refractivity contribution in [2.75, 3.05) is 52.6 Å². The van der Waals surface area contributed by atoms with Crippen LogP contribution in [0.15, 0.2) is 16.5 Å². The molecular weight excluding hydrogens is 270 g/mol. The summed E-state index contributed by atoms with van der Waals surface area (Å²) in [7, 11) is 2.20. The zero-order valence-electron chi connectivity index (χ0n) is 12.7. The molecule has 0 aliphatic carbocycles. The standard InChI is InChI=1S/C15H27N3OS/c1-17-8-10-18(11-9-17)7-3-6-16-12-14-4-5-15(19-14)13-20-2/h4-5,16H,3,6-13H2,1-2H3. The quantitative estimate of drug-likeness (QED) is 0.741. The van der Waals surface area contributed by atoms with Crippen LogP contribution in [0.25, 0.3) is 0 Å². The first-order valence-electron chi connectivity index (χ1n) is 7.46. The lowest BCUT2D eigenvalue weighted by atomic mass is 10.3. The Morgan fingerprint density at radius 1 is 1.20 bits per heavy atom. The van der Waals surface area contributed by atoms with Crippen LogP contribution in [0.2, 0.25) is 0 Å². The van der Waals surface area contributed by atoms with Crippen molar-refractivity contribution in [1.82, 2.24) is 15.1 Å². The van der Waals surface area contributed by atoms with E-state index in [1.165, 1.54) is 39.1 Å². The molecule has 0 radical (unpaired) electrons. The van der Waals surface area contributed by atoms with Crippen molar-refractivity contribution < 1.29 is 4.42 Å². The van der Waals surface area contributed by atoms with E-state index in [0.29, 0.717) is 0 Å². The minimum Gasteiger partial charge on any atom is -0.464 e. The van der Waals surface area contributed by atoms with Gasteiger partial charge in [0.2, 0.25) is 0 Å². The minimum atomic E-state index is 0.844. The molecule has 0 atom stereocenters. The van der Waals surface area contributed by atoms with Gasteiger partial charge in [0.15, 0.2) is 0 Å². The summed E-state index contributed by atoms with van der Waals surface area (Å²) in [6, 6.07) is 4.16. The molecule has 4 nitrogen and oxygen atoms in total. The molecule has 2 heterocycles. The molecule has 0 saturated carbocycles. The molecule has 1 aromatic heterocycles. The molecule has 0 unspecified atom stereocenters. The number of likely N-dealkylation sites (N-methyl/N-ethyl adjacent to an activating group) is 1. The maximum Gasteiger partial charge on any atom is 0.117 e. The maximum absolute atomic E-state index is 5.73. The van der Waals surface area contributed by atoms with Crippen LogP contribution in [0.1, 0.15) is 17.9 Å². The first-order chi connectivity index (χ1) is 9.78. The Morgan fingerprint density at radius 3 is 2.70 bits per heavy atom. The Kier molecular flexibility index (Phi) is 6.93. The fourth-order valence-electron chi connectivity index (χ4n) is 2.45. The zero-order valence-corrected chi connectivity index (χ0v) is 13.5. The van der Waals surface area contributed by atoms with Gasteiger partial charge in [-0.15, -0.1) is 0 Å².